The van der Waals surface area contributed by atoms with Crippen molar-refractivity contribution in [1.82, 2.24) is 10.1 Å². The molecule has 1 aliphatic rings. The summed E-state index contributed by atoms with van der Waals surface area (Å²) in [7, 11) is 0. The van der Waals surface area contributed by atoms with Crippen molar-refractivity contribution < 1.29 is 18.4 Å². The summed E-state index contributed by atoms with van der Waals surface area (Å²) in [4.78, 5) is 4.18. The lowest BCUT2D eigenvalue weighted by molar-refractivity contribution is -0.0941. The predicted molar refractivity (Wildman–Crippen MR) is 63.6 cm³/mol. The van der Waals surface area contributed by atoms with Crippen LogP contribution < -0.4 is 5.73 Å². The summed E-state index contributed by atoms with van der Waals surface area (Å²) >= 11 is 0. The standard InChI is InChI=1S/C12H12FN3O3/c13-8-3-1-2-7(10(8)14)12-15-11(16-19-12)9-6-17-4-5-18-9/h1-3,9H,4-6,14H2. The lowest BCUT2D eigenvalue weighted by atomic mass is 10.2. The van der Waals surface area contributed by atoms with Crippen LogP contribution in [0.4, 0.5) is 10.1 Å². The predicted octanol–water partition coefficient (Wildman–Crippen LogP) is 1.55. The van der Waals surface area contributed by atoms with E-state index in [2.05, 4.69) is 10.1 Å². The Morgan fingerprint density at radius 1 is 1.32 bits per heavy atom. The van der Waals surface area contributed by atoms with Crippen LogP contribution in [0.1, 0.15) is 11.9 Å². The summed E-state index contributed by atoms with van der Waals surface area (Å²) in [6.45, 7) is 1.41. The third kappa shape index (κ3) is 2.29. The molecular formula is C12H12FN3O3. The molecule has 19 heavy (non-hydrogen) atoms. The first-order valence-electron chi connectivity index (χ1n) is 5.83. The Bertz CT molecular complexity index is 581. The maximum absolute atomic E-state index is 13.4. The zero-order valence-electron chi connectivity index (χ0n) is 10.0. The third-order valence-electron chi connectivity index (χ3n) is 2.83. The van der Waals surface area contributed by atoms with Gasteiger partial charge in [0.25, 0.3) is 5.89 Å². The fourth-order valence-corrected chi connectivity index (χ4v) is 1.84. The van der Waals surface area contributed by atoms with Gasteiger partial charge in [-0.2, -0.15) is 4.98 Å². The van der Waals surface area contributed by atoms with Gasteiger partial charge >= 0.3 is 0 Å². The molecular weight excluding hydrogens is 253 g/mol. The molecule has 7 heteroatoms. The van der Waals surface area contributed by atoms with Crippen LogP contribution in [-0.4, -0.2) is 30.0 Å². The molecule has 0 radical (unpaired) electrons. The molecule has 1 saturated heterocycles. The summed E-state index contributed by atoms with van der Waals surface area (Å²) in [5.74, 6) is 0.0223. The van der Waals surface area contributed by atoms with Gasteiger partial charge in [-0.1, -0.05) is 11.2 Å². The molecule has 1 aliphatic heterocycles. The Morgan fingerprint density at radius 3 is 3.00 bits per heavy atom. The molecule has 2 heterocycles. The van der Waals surface area contributed by atoms with Crippen LogP contribution in [0.5, 0.6) is 0 Å². The second kappa shape index (κ2) is 4.94. The Balaban J connectivity index is 1.90. The van der Waals surface area contributed by atoms with E-state index >= 15 is 0 Å². The van der Waals surface area contributed by atoms with Crippen molar-refractivity contribution in [2.24, 2.45) is 0 Å². The molecule has 3 rings (SSSR count). The number of hydrogen-bond donors (Lipinski definition) is 1. The highest BCUT2D eigenvalue weighted by molar-refractivity contribution is 5.70. The summed E-state index contributed by atoms with van der Waals surface area (Å²) in [6, 6.07) is 4.42. The zero-order chi connectivity index (χ0) is 13.2. The number of nitrogen functional groups attached to an aromatic ring is 1. The summed E-state index contributed by atoms with van der Waals surface area (Å²) < 4.78 is 29.2. The van der Waals surface area contributed by atoms with E-state index in [9.17, 15) is 4.39 Å². The molecule has 1 unspecified atom stereocenters. The second-order valence-corrected chi connectivity index (χ2v) is 4.09. The van der Waals surface area contributed by atoms with Crippen LogP contribution in [0, 0.1) is 5.82 Å². The molecule has 0 amide bonds. The molecule has 0 spiro atoms. The number of benzene rings is 1. The Kier molecular flexibility index (Phi) is 3.14. The van der Waals surface area contributed by atoms with E-state index in [4.69, 9.17) is 19.7 Å². The van der Waals surface area contributed by atoms with Crippen molar-refractivity contribution in [2.45, 2.75) is 6.10 Å². The van der Waals surface area contributed by atoms with Crippen molar-refractivity contribution in [3.8, 4) is 11.5 Å². The van der Waals surface area contributed by atoms with Crippen molar-refractivity contribution in [2.75, 3.05) is 25.6 Å². The smallest absolute Gasteiger partial charge is 0.260 e. The Labute approximate surface area is 108 Å². The van der Waals surface area contributed by atoms with Gasteiger partial charge in [0.2, 0.25) is 5.82 Å². The second-order valence-electron chi connectivity index (χ2n) is 4.09. The molecule has 1 fully saturated rings. The quantitative estimate of drug-likeness (QED) is 0.829. The molecule has 6 nitrogen and oxygen atoms in total. The monoisotopic (exact) mass is 265 g/mol. The minimum atomic E-state index is -0.519. The van der Waals surface area contributed by atoms with Crippen molar-refractivity contribution in [3.63, 3.8) is 0 Å². The maximum atomic E-state index is 13.4. The lowest BCUT2D eigenvalue weighted by Crippen LogP contribution is -2.22. The highest BCUT2D eigenvalue weighted by Gasteiger charge is 2.23. The van der Waals surface area contributed by atoms with Crippen LogP contribution >= 0.6 is 0 Å². The van der Waals surface area contributed by atoms with Gasteiger partial charge < -0.3 is 19.7 Å². The number of ether oxygens (including phenoxy) is 2. The number of halogens is 1. The van der Waals surface area contributed by atoms with Gasteiger partial charge in [-0.05, 0) is 12.1 Å². The molecule has 2 N–H and O–H groups in total. The van der Waals surface area contributed by atoms with Crippen LogP contribution in [0.25, 0.3) is 11.5 Å². The zero-order valence-corrected chi connectivity index (χ0v) is 10.0. The van der Waals surface area contributed by atoms with E-state index in [0.717, 1.165) is 0 Å². The van der Waals surface area contributed by atoms with E-state index in [0.29, 0.717) is 31.2 Å². The summed E-state index contributed by atoms with van der Waals surface area (Å²) in [6.07, 6.45) is -0.360. The van der Waals surface area contributed by atoms with E-state index in [1.165, 1.54) is 12.1 Å². The maximum Gasteiger partial charge on any atom is 0.260 e. The number of para-hydroxylation sites is 1. The first-order valence-corrected chi connectivity index (χ1v) is 5.83. The highest BCUT2D eigenvalue weighted by Crippen LogP contribution is 2.28. The van der Waals surface area contributed by atoms with E-state index in [1.54, 1.807) is 6.07 Å². The average molecular weight is 265 g/mol. The SMILES string of the molecule is Nc1c(F)cccc1-c1nc(C2COCCO2)no1. The Hall–Kier alpha value is -1.99. The summed E-state index contributed by atoms with van der Waals surface area (Å²) in [5, 5.41) is 3.82. The van der Waals surface area contributed by atoms with Crippen LogP contribution in [0.3, 0.4) is 0 Å². The Morgan fingerprint density at radius 2 is 2.21 bits per heavy atom. The van der Waals surface area contributed by atoms with Crippen LogP contribution in [0.15, 0.2) is 22.7 Å². The largest absolute Gasteiger partial charge is 0.396 e. The molecule has 1 atom stereocenters. The number of anilines is 1. The number of nitrogens with zero attached hydrogens (tertiary/aromatic N) is 2. The van der Waals surface area contributed by atoms with Crippen LogP contribution in [-0.2, 0) is 9.47 Å². The number of hydrogen-bond acceptors (Lipinski definition) is 6. The highest BCUT2D eigenvalue weighted by atomic mass is 19.1. The van der Waals surface area contributed by atoms with Crippen LogP contribution in [0.2, 0.25) is 0 Å². The van der Waals surface area contributed by atoms with Crippen molar-refractivity contribution in [3.05, 3.63) is 29.8 Å². The van der Waals surface area contributed by atoms with Gasteiger partial charge in [0.05, 0.1) is 31.1 Å². The molecule has 100 valence electrons. The van der Waals surface area contributed by atoms with Gasteiger partial charge in [0.15, 0.2) is 0 Å². The normalized spacial score (nSPS) is 19.5. The summed E-state index contributed by atoms with van der Waals surface area (Å²) in [5.41, 5.74) is 6.00. The minimum Gasteiger partial charge on any atom is -0.396 e. The van der Waals surface area contributed by atoms with E-state index in [1.807, 2.05) is 0 Å². The third-order valence-corrected chi connectivity index (χ3v) is 2.83. The average Bonchev–Trinajstić information content (AvgIpc) is 2.92. The van der Waals surface area contributed by atoms with Gasteiger partial charge in [-0.25, -0.2) is 4.39 Å². The fraction of sp³-hybridized carbons (Fsp3) is 0.333. The van der Waals surface area contributed by atoms with Gasteiger partial charge in [0, 0.05) is 0 Å². The van der Waals surface area contributed by atoms with Gasteiger partial charge in [-0.3, -0.25) is 0 Å². The molecule has 0 saturated carbocycles. The lowest BCUT2D eigenvalue weighted by Gasteiger charge is -2.19. The fourth-order valence-electron chi connectivity index (χ4n) is 1.84. The molecule has 1 aromatic heterocycles. The number of nitrogens with two attached hydrogens (primary N) is 1. The van der Waals surface area contributed by atoms with Crippen molar-refractivity contribution >= 4 is 5.69 Å². The molecule has 0 aliphatic carbocycles. The first-order chi connectivity index (χ1) is 9.25. The van der Waals surface area contributed by atoms with Gasteiger partial charge in [-0.15, -0.1) is 0 Å². The topological polar surface area (TPSA) is 83.4 Å². The number of aromatic nitrogens is 2. The minimum absolute atomic E-state index is 0.0153. The van der Waals surface area contributed by atoms with Gasteiger partial charge in [0.1, 0.15) is 11.9 Å². The number of rotatable bonds is 2. The molecule has 2 aromatic rings. The van der Waals surface area contributed by atoms with E-state index < -0.39 is 5.82 Å². The van der Waals surface area contributed by atoms with Crippen molar-refractivity contribution in [1.29, 1.82) is 0 Å². The molecule has 1 aromatic carbocycles. The first kappa shape index (κ1) is 12.1. The van der Waals surface area contributed by atoms with E-state index in [-0.39, 0.29) is 17.7 Å². The molecule has 0 bridgehead atoms.